The predicted molar refractivity (Wildman–Crippen MR) is 174 cm³/mol. The second kappa shape index (κ2) is 14.9. The second-order valence-corrected chi connectivity index (χ2v) is 12.2. The van der Waals surface area contributed by atoms with Crippen molar-refractivity contribution in [2.24, 2.45) is 0 Å². The number of unbranched alkanes of at least 4 members (excludes halogenated alkanes) is 2. The van der Waals surface area contributed by atoms with Gasteiger partial charge in [0.25, 0.3) is 5.91 Å². The number of carbonyl (C=O) groups excluding carboxylic acids is 2. The first kappa shape index (κ1) is 31.0. The van der Waals surface area contributed by atoms with E-state index in [4.69, 9.17) is 9.47 Å². The van der Waals surface area contributed by atoms with Gasteiger partial charge in [0.05, 0.1) is 25.3 Å². The smallest absolute Gasteiger partial charge is 0.296 e. The Morgan fingerprint density at radius 1 is 1.02 bits per heavy atom. The number of rotatable bonds is 14. The molecule has 0 saturated heterocycles. The fraction of sp³-hybridized carbons (Fsp3) is 0.235. The molecule has 0 saturated carbocycles. The van der Waals surface area contributed by atoms with Gasteiger partial charge < -0.3 is 14.6 Å². The highest BCUT2D eigenvalue weighted by molar-refractivity contribution is 8.00. The van der Waals surface area contributed by atoms with Gasteiger partial charge in [0.15, 0.2) is 27.4 Å². The Morgan fingerprint density at radius 2 is 1.77 bits per heavy atom. The molecule has 44 heavy (non-hydrogen) atoms. The molecule has 1 atom stereocenters. The highest BCUT2D eigenvalue weighted by Crippen LogP contribution is 2.45. The van der Waals surface area contributed by atoms with E-state index >= 15 is 0 Å². The number of hydrogen-bond acceptors (Lipinski definition) is 9. The summed E-state index contributed by atoms with van der Waals surface area (Å²) in [5, 5.41) is 20.0. The molecule has 1 amide bonds. The van der Waals surface area contributed by atoms with Crippen LogP contribution in [0.15, 0.2) is 101 Å². The third kappa shape index (κ3) is 7.20. The number of ketones is 1. The van der Waals surface area contributed by atoms with Crippen molar-refractivity contribution in [1.82, 2.24) is 10.2 Å². The van der Waals surface area contributed by atoms with Crippen molar-refractivity contribution in [2.45, 2.75) is 42.3 Å². The van der Waals surface area contributed by atoms with Crippen LogP contribution in [0.2, 0.25) is 0 Å². The average molecular weight is 628 g/mol. The molecule has 0 fully saturated rings. The van der Waals surface area contributed by atoms with Crippen molar-refractivity contribution in [3.63, 3.8) is 0 Å². The standard InChI is InChI=1S/C34H33N3O5S2/c1-3-4-11-20-42-27-19-17-25(21-28(27)41-2)30-29(26(38)18-16-23-12-7-5-8-13-23)31(39)32(40)37(30)33-35-36-34(44-33)43-22-24-14-9-6-10-15-24/h5-10,12-19,21,30,39H,3-4,11,20,22H2,1-2H3. The maximum atomic E-state index is 13.6. The maximum absolute atomic E-state index is 13.6. The zero-order chi connectivity index (χ0) is 30.9. The number of carbonyl (C=O) groups is 2. The number of aliphatic hydroxyl groups is 1. The zero-order valence-electron chi connectivity index (χ0n) is 24.5. The Hall–Kier alpha value is -4.41. The van der Waals surface area contributed by atoms with Crippen molar-refractivity contribution in [2.75, 3.05) is 18.6 Å². The zero-order valence-corrected chi connectivity index (χ0v) is 26.1. The molecule has 0 radical (unpaired) electrons. The Kier molecular flexibility index (Phi) is 10.5. The Morgan fingerprint density at radius 3 is 2.50 bits per heavy atom. The third-order valence-electron chi connectivity index (χ3n) is 7.02. The second-order valence-electron chi connectivity index (χ2n) is 10.0. The fourth-order valence-electron chi connectivity index (χ4n) is 4.78. The number of aromatic nitrogens is 2. The van der Waals surface area contributed by atoms with Gasteiger partial charge in [0.1, 0.15) is 0 Å². The number of ether oxygens (including phenoxy) is 2. The van der Waals surface area contributed by atoms with Crippen molar-refractivity contribution in [3.8, 4) is 11.5 Å². The monoisotopic (exact) mass is 627 g/mol. The average Bonchev–Trinajstić information content (AvgIpc) is 3.63. The molecule has 8 nitrogen and oxygen atoms in total. The Bertz CT molecular complexity index is 1650. The molecule has 1 aromatic heterocycles. The summed E-state index contributed by atoms with van der Waals surface area (Å²) in [5.41, 5.74) is 2.46. The first-order valence-electron chi connectivity index (χ1n) is 14.3. The fourth-order valence-corrected chi connectivity index (χ4v) is 6.60. The lowest BCUT2D eigenvalue weighted by molar-refractivity contribution is -0.117. The summed E-state index contributed by atoms with van der Waals surface area (Å²) >= 11 is 2.73. The SMILES string of the molecule is CCCCCOc1ccc(C2C(C(=O)C=Cc3ccccc3)=C(O)C(=O)N2c2nnc(SCc3ccccc3)s2)cc1OC. The topological polar surface area (TPSA) is 102 Å². The van der Waals surface area contributed by atoms with Gasteiger partial charge in [0, 0.05) is 5.75 Å². The van der Waals surface area contributed by atoms with Gasteiger partial charge in [0.2, 0.25) is 5.13 Å². The summed E-state index contributed by atoms with van der Waals surface area (Å²) in [6, 6.07) is 23.6. The van der Waals surface area contributed by atoms with Gasteiger partial charge in [-0.25, -0.2) is 0 Å². The highest BCUT2D eigenvalue weighted by Gasteiger charge is 2.45. The van der Waals surface area contributed by atoms with Gasteiger partial charge >= 0.3 is 0 Å². The molecule has 226 valence electrons. The molecule has 0 aliphatic carbocycles. The largest absolute Gasteiger partial charge is 0.503 e. The number of benzene rings is 3. The molecule has 2 heterocycles. The number of anilines is 1. The summed E-state index contributed by atoms with van der Waals surface area (Å²) in [7, 11) is 1.54. The van der Waals surface area contributed by atoms with Crippen LogP contribution in [0.4, 0.5) is 5.13 Å². The van der Waals surface area contributed by atoms with Crippen LogP contribution in [0.3, 0.4) is 0 Å². The highest BCUT2D eigenvalue weighted by atomic mass is 32.2. The minimum Gasteiger partial charge on any atom is -0.503 e. The lowest BCUT2D eigenvalue weighted by atomic mass is 9.95. The van der Waals surface area contributed by atoms with Crippen molar-refractivity contribution < 1.29 is 24.2 Å². The molecular weight excluding hydrogens is 595 g/mol. The molecule has 0 spiro atoms. The third-order valence-corrected chi connectivity index (χ3v) is 9.14. The first-order valence-corrected chi connectivity index (χ1v) is 16.2. The normalized spacial score (nSPS) is 14.9. The number of methoxy groups -OCH3 is 1. The molecule has 3 aromatic carbocycles. The summed E-state index contributed by atoms with van der Waals surface area (Å²) in [5.74, 6) is -0.133. The van der Waals surface area contributed by atoms with Crippen molar-refractivity contribution in [1.29, 1.82) is 0 Å². The van der Waals surface area contributed by atoms with E-state index in [0.717, 1.165) is 30.4 Å². The van der Waals surface area contributed by atoms with Crippen LogP contribution in [0.5, 0.6) is 11.5 Å². The number of thioether (sulfide) groups is 1. The summed E-state index contributed by atoms with van der Waals surface area (Å²) in [4.78, 5) is 28.6. The molecule has 1 unspecified atom stereocenters. The minimum absolute atomic E-state index is 0.0467. The Labute approximate surface area is 265 Å². The number of amides is 1. The molecule has 1 aliphatic heterocycles. The quantitative estimate of drug-likeness (QED) is 0.0660. The minimum atomic E-state index is -0.960. The van der Waals surface area contributed by atoms with Gasteiger partial charge in [-0.15, -0.1) is 10.2 Å². The molecule has 1 aliphatic rings. The van der Waals surface area contributed by atoms with Crippen LogP contribution in [0.1, 0.15) is 48.9 Å². The van der Waals surface area contributed by atoms with Gasteiger partial charge in [-0.1, -0.05) is 116 Å². The lowest BCUT2D eigenvalue weighted by Gasteiger charge is -2.24. The number of aliphatic hydroxyl groups excluding tert-OH is 1. The first-order chi connectivity index (χ1) is 21.5. The molecule has 0 bridgehead atoms. The van der Waals surface area contributed by atoms with E-state index in [1.165, 1.54) is 34.1 Å². The van der Waals surface area contributed by atoms with Crippen LogP contribution >= 0.6 is 23.1 Å². The van der Waals surface area contributed by atoms with Crippen LogP contribution in [-0.4, -0.2) is 40.7 Å². The molecule has 5 rings (SSSR count). The summed E-state index contributed by atoms with van der Waals surface area (Å²) < 4.78 is 12.3. The van der Waals surface area contributed by atoms with E-state index in [-0.39, 0.29) is 10.7 Å². The van der Waals surface area contributed by atoms with E-state index < -0.39 is 23.5 Å². The Balaban J connectivity index is 1.48. The van der Waals surface area contributed by atoms with Crippen LogP contribution in [0.25, 0.3) is 6.08 Å². The van der Waals surface area contributed by atoms with Gasteiger partial charge in [-0.3, -0.25) is 14.5 Å². The van der Waals surface area contributed by atoms with E-state index in [9.17, 15) is 14.7 Å². The van der Waals surface area contributed by atoms with Crippen LogP contribution < -0.4 is 14.4 Å². The molecule has 4 aromatic rings. The molecule has 1 N–H and O–H groups in total. The van der Waals surface area contributed by atoms with Gasteiger partial charge in [-0.2, -0.15) is 0 Å². The van der Waals surface area contributed by atoms with Gasteiger partial charge in [-0.05, 0) is 41.3 Å². The number of hydrogen-bond donors (Lipinski definition) is 1. The van der Waals surface area contributed by atoms with Crippen LogP contribution in [-0.2, 0) is 15.3 Å². The summed E-state index contributed by atoms with van der Waals surface area (Å²) in [6.45, 7) is 2.67. The van der Waals surface area contributed by atoms with E-state index in [0.29, 0.717) is 33.8 Å². The molecular formula is C34H33N3O5S2. The lowest BCUT2D eigenvalue weighted by Crippen LogP contribution is -2.30. The van der Waals surface area contributed by atoms with E-state index in [1.807, 2.05) is 60.7 Å². The van der Waals surface area contributed by atoms with Crippen molar-refractivity contribution in [3.05, 3.63) is 113 Å². The van der Waals surface area contributed by atoms with Crippen molar-refractivity contribution >= 4 is 46.0 Å². The number of allylic oxidation sites excluding steroid dienone is 1. The maximum Gasteiger partial charge on any atom is 0.296 e. The predicted octanol–water partition coefficient (Wildman–Crippen LogP) is 7.59. The summed E-state index contributed by atoms with van der Waals surface area (Å²) in [6.07, 6.45) is 6.07. The van der Waals surface area contributed by atoms with E-state index in [1.54, 1.807) is 31.4 Å². The van der Waals surface area contributed by atoms with E-state index in [2.05, 4.69) is 17.1 Å². The van der Waals surface area contributed by atoms with Crippen LogP contribution in [0, 0.1) is 0 Å². The number of nitrogens with zero attached hydrogens (tertiary/aromatic N) is 3. The molecule has 10 heteroatoms.